The van der Waals surface area contributed by atoms with E-state index in [1.54, 1.807) is 0 Å². The van der Waals surface area contributed by atoms with Gasteiger partial charge in [0, 0.05) is 0 Å². The predicted octanol–water partition coefficient (Wildman–Crippen LogP) is 1.95. The van der Waals surface area contributed by atoms with Crippen LogP contribution in [0.15, 0.2) is 0 Å². The molecule has 49 valence electrons. The van der Waals surface area contributed by atoms with Crippen molar-refractivity contribution in [3.05, 3.63) is 0 Å². The van der Waals surface area contributed by atoms with Crippen LogP contribution in [0.4, 0.5) is 0 Å². The summed E-state index contributed by atoms with van der Waals surface area (Å²) in [5.74, 6) is 2.34. The van der Waals surface area contributed by atoms with E-state index in [4.69, 9.17) is 0 Å². The van der Waals surface area contributed by atoms with E-state index < -0.39 is 0 Å². The predicted molar refractivity (Wildman–Crippen MR) is 37.8 cm³/mol. The van der Waals surface area contributed by atoms with Crippen molar-refractivity contribution in [1.29, 1.82) is 0 Å². The first-order valence-corrected chi connectivity index (χ1v) is 4.23. The summed E-state index contributed by atoms with van der Waals surface area (Å²) in [5.41, 5.74) is 0. The molecule has 0 aromatic carbocycles. The Morgan fingerprint density at radius 1 is 1.38 bits per heavy atom. The van der Waals surface area contributed by atoms with Crippen LogP contribution in [0, 0.1) is 0 Å². The minimum absolute atomic E-state index is 0.101. The van der Waals surface area contributed by atoms with Gasteiger partial charge < -0.3 is 0 Å². The summed E-state index contributed by atoms with van der Waals surface area (Å²) in [5, 5.41) is 9.88. The average molecular weight is 133 g/mol. The quantitative estimate of drug-likeness (QED) is 0.525. The van der Waals surface area contributed by atoms with Gasteiger partial charge in [0.15, 0.2) is 0 Å². The fraction of sp³-hybridized carbons (Fsp3) is 1.00. The first-order valence-electron chi connectivity index (χ1n) is 3.07. The van der Waals surface area contributed by atoms with Crippen LogP contribution in [0.3, 0.4) is 0 Å². The van der Waals surface area contributed by atoms with Gasteiger partial charge in [-0.25, -0.2) is 5.11 Å². The Labute approximate surface area is 55.5 Å². The standard InChI is InChI=1S/C6H13OS/c1-2-8-6-4-3-5-7/h2-6H2,1H3. The van der Waals surface area contributed by atoms with E-state index in [1.807, 2.05) is 11.8 Å². The highest BCUT2D eigenvalue weighted by Crippen LogP contribution is 2.02. The van der Waals surface area contributed by atoms with Gasteiger partial charge in [-0.2, -0.15) is 11.8 Å². The van der Waals surface area contributed by atoms with E-state index in [9.17, 15) is 5.11 Å². The van der Waals surface area contributed by atoms with Crippen molar-refractivity contribution in [3.8, 4) is 0 Å². The molecule has 0 aliphatic carbocycles. The van der Waals surface area contributed by atoms with Gasteiger partial charge in [-0.05, 0) is 24.3 Å². The Morgan fingerprint density at radius 2 is 2.12 bits per heavy atom. The minimum Gasteiger partial charge on any atom is -0.237 e. The number of hydrogen-bond donors (Lipinski definition) is 0. The molecule has 0 rings (SSSR count). The summed E-state index contributed by atoms with van der Waals surface area (Å²) in [4.78, 5) is 0. The van der Waals surface area contributed by atoms with Crippen LogP contribution >= 0.6 is 11.8 Å². The van der Waals surface area contributed by atoms with E-state index in [1.165, 1.54) is 11.5 Å². The molecule has 0 N–H and O–H groups in total. The smallest absolute Gasteiger partial charge is 0.0822 e. The largest absolute Gasteiger partial charge is 0.237 e. The third-order valence-corrected chi connectivity index (χ3v) is 1.87. The van der Waals surface area contributed by atoms with Crippen LogP contribution in [-0.2, 0) is 5.11 Å². The molecule has 8 heavy (non-hydrogen) atoms. The maximum absolute atomic E-state index is 9.88. The zero-order valence-corrected chi connectivity index (χ0v) is 6.17. The first-order chi connectivity index (χ1) is 3.91. The molecule has 0 bridgehead atoms. The Balaban J connectivity index is 2.53. The van der Waals surface area contributed by atoms with Gasteiger partial charge in [-0.15, -0.1) is 0 Å². The second-order valence-corrected chi connectivity index (χ2v) is 3.00. The van der Waals surface area contributed by atoms with Gasteiger partial charge in [-0.3, -0.25) is 0 Å². The molecule has 0 spiro atoms. The van der Waals surface area contributed by atoms with Crippen LogP contribution in [-0.4, -0.2) is 18.1 Å². The molecule has 0 aromatic heterocycles. The molecule has 0 heterocycles. The molecule has 0 atom stereocenters. The third kappa shape index (κ3) is 6.31. The van der Waals surface area contributed by atoms with Crippen molar-refractivity contribution in [1.82, 2.24) is 0 Å². The molecule has 0 aliphatic rings. The normalized spacial score (nSPS) is 9.75. The summed E-state index contributed by atoms with van der Waals surface area (Å²) in [6.45, 7) is 2.24. The van der Waals surface area contributed by atoms with Gasteiger partial charge in [0.25, 0.3) is 0 Å². The maximum Gasteiger partial charge on any atom is 0.0822 e. The van der Waals surface area contributed by atoms with Crippen molar-refractivity contribution < 1.29 is 5.11 Å². The highest BCUT2D eigenvalue weighted by Gasteiger charge is 1.84. The molecule has 1 nitrogen and oxygen atoms in total. The second kappa shape index (κ2) is 7.31. The molecule has 0 fully saturated rings. The lowest BCUT2D eigenvalue weighted by Gasteiger charge is -1.92. The Bertz CT molecular complexity index is 33.5. The molecule has 1 radical (unpaired) electrons. The Hall–Kier alpha value is 0.310. The van der Waals surface area contributed by atoms with E-state index in [2.05, 4.69) is 6.92 Å². The lowest BCUT2D eigenvalue weighted by molar-refractivity contribution is 0.188. The third-order valence-electron chi connectivity index (χ3n) is 0.887. The SMILES string of the molecule is CCSCCCC[O]. The van der Waals surface area contributed by atoms with Crippen LogP contribution in [0.25, 0.3) is 0 Å². The van der Waals surface area contributed by atoms with E-state index in [-0.39, 0.29) is 6.61 Å². The number of rotatable bonds is 5. The molecule has 0 aromatic rings. The van der Waals surface area contributed by atoms with Gasteiger partial charge >= 0.3 is 0 Å². The second-order valence-electron chi connectivity index (χ2n) is 1.61. The fourth-order valence-corrected chi connectivity index (χ4v) is 1.15. The number of hydrogen-bond acceptors (Lipinski definition) is 1. The van der Waals surface area contributed by atoms with Gasteiger partial charge in [0.1, 0.15) is 0 Å². The monoisotopic (exact) mass is 133 g/mol. The molecule has 0 saturated carbocycles. The molecular formula is C6H13OS. The zero-order valence-electron chi connectivity index (χ0n) is 5.35. The minimum atomic E-state index is 0.101. The van der Waals surface area contributed by atoms with Gasteiger partial charge in [0.2, 0.25) is 0 Å². The van der Waals surface area contributed by atoms with E-state index >= 15 is 0 Å². The highest BCUT2D eigenvalue weighted by atomic mass is 32.2. The van der Waals surface area contributed by atoms with Crippen molar-refractivity contribution in [3.63, 3.8) is 0 Å². The maximum atomic E-state index is 9.88. The summed E-state index contributed by atoms with van der Waals surface area (Å²) in [7, 11) is 0. The average Bonchev–Trinajstić information content (AvgIpc) is 1.81. The van der Waals surface area contributed by atoms with Crippen LogP contribution in [0.1, 0.15) is 19.8 Å². The van der Waals surface area contributed by atoms with Crippen molar-refractivity contribution in [2.45, 2.75) is 19.8 Å². The Morgan fingerprint density at radius 3 is 2.62 bits per heavy atom. The molecule has 0 unspecified atom stereocenters. The first kappa shape index (κ1) is 8.31. The summed E-state index contributed by atoms with van der Waals surface area (Å²) < 4.78 is 0. The van der Waals surface area contributed by atoms with Gasteiger partial charge in [0.05, 0.1) is 6.61 Å². The number of unbranched alkanes of at least 4 members (excludes halogenated alkanes) is 1. The lowest BCUT2D eigenvalue weighted by Crippen LogP contribution is -1.83. The van der Waals surface area contributed by atoms with Crippen LogP contribution in [0.5, 0.6) is 0 Å². The van der Waals surface area contributed by atoms with Gasteiger partial charge in [-0.1, -0.05) is 6.92 Å². The molecular weight excluding hydrogens is 120 g/mol. The highest BCUT2D eigenvalue weighted by molar-refractivity contribution is 7.99. The summed E-state index contributed by atoms with van der Waals surface area (Å²) in [6.07, 6.45) is 1.95. The molecule has 0 saturated heterocycles. The molecule has 0 amide bonds. The lowest BCUT2D eigenvalue weighted by atomic mass is 10.4. The van der Waals surface area contributed by atoms with E-state index in [0.717, 1.165) is 12.8 Å². The van der Waals surface area contributed by atoms with Crippen LogP contribution in [0.2, 0.25) is 0 Å². The Kier molecular flexibility index (Phi) is 7.59. The molecule has 0 aliphatic heterocycles. The van der Waals surface area contributed by atoms with Crippen molar-refractivity contribution in [2.24, 2.45) is 0 Å². The topological polar surface area (TPSA) is 19.9 Å². The molecule has 2 heteroatoms. The fourth-order valence-electron chi connectivity index (χ4n) is 0.451. The number of thioether (sulfide) groups is 1. The zero-order chi connectivity index (χ0) is 6.24. The van der Waals surface area contributed by atoms with Crippen molar-refractivity contribution >= 4 is 11.8 Å². The summed E-state index contributed by atoms with van der Waals surface area (Å²) >= 11 is 1.91. The summed E-state index contributed by atoms with van der Waals surface area (Å²) in [6, 6.07) is 0. The van der Waals surface area contributed by atoms with E-state index in [0.29, 0.717) is 0 Å². The van der Waals surface area contributed by atoms with Crippen LogP contribution < -0.4 is 0 Å². The van der Waals surface area contributed by atoms with Crippen molar-refractivity contribution in [2.75, 3.05) is 18.1 Å².